The maximum Gasteiger partial charge on any atom is 0.466 e. The average Bonchev–Trinajstić information content (AvgIpc) is 2.46. The predicted molar refractivity (Wildman–Crippen MR) is 79.5 cm³/mol. The molecule has 1 amide bonds. The van der Waals surface area contributed by atoms with Gasteiger partial charge >= 0.3 is 7.82 Å². The summed E-state index contributed by atoms with van der Waals surface area (Å²) in [6, 6.07) is 17.7. The van der Waals surface area contributed by atoms with E-state index in [9.17, 15) is 4.79 Å². The second kappa shape index (κ2) is 7.71. The Bertz CT molecular complexity index is 613. The van der Waals surface area contributed by atoms with Gasteiger partial charge in [-0.05, 0) is 23.3 Å². The van der Waals surface area contributed by atoms with Crippen LogP contribution < -0.4 is 5.32 Å². The van der Waals surface area contributed by atoms with Crippen molar-refractivity contribution in [2.24, 2.45) is 0 Å². The fourth-order valence-electron chi connectivity index (χ4n) is 1.59. The number of amides is 1. The molecule has 2 rings (SSSR count). The third-order valence-corrected chi connectivity index (χ3v) is 2.48. The molecule has 21 heavy (non-hydrogen) atoms. The van der Waals surface area contributed by atoms with Crippen LogP contribution in [0.5, 0.6) is 0 Å². The van der Waals surface area contributed by atoms with Crippen molar-refractivity contribution in [3.63, 3.8) is 0 Å². The van der Waals surface area contributed by atoms with Crippen LogP contribution in [0.2, 0.25) is 0 Å². The molecule has 0 heterocycles. The van der Waals surface area contributed by atoms with Gasteiger partial charge in [0.1, 0.15) is 0 Å². The molecule has 0 aliphatic heterocycles. The van der Waals surface area contributed by atoms with Gasteiger partial charge in [-0.15, -0.1) is 0 Å². The number of nitrogens with one attached hydrogen (secondary N) is 1. The molecule has 0 atom stereocenters. The van der Waals surface area contributed by atoms with Gasteiger partial charge in [-0.3, -0.25) is 4.79 Å². The minimum Gasteiger partial charge on any atom is -0.355 e. The van der Waals surface area contributed by atoms with E-state index in [4.69, 9.17) is 19.2 Å². The standard InChI is InChI=1S/C14H13NO.H3O4P/c1-15-14(16)13-9-7-12(8-10-13)11-5-3-2-4-6-11;1-5(2,3)4/h2-10H,1H3,(H,15,16);(H3,1,2,3,4). The van der Waals surface area contributed by atoms with Crippen molar-refractivity contribution in [2.75, 3.05) is 7.05 Å². The Hall–Kier alpha value is -1.98. The predicted octanol–water partition coefficient (Wildman–Crippen LogP) is 1.78. The lowest BCUT2D eigenvalue weighted by atomic mass is 10.0. The first-order valence-electron chi connectivity index (χ1n) is 5.97. The van der Waals surface area contributed by atoms with Crippen molar-refractivity contribution in [1.82, 2.24) is 5.32 Å². The van der Waals surface area contributed by atoms with E-state index in [0.717, 1.165) is 11.1 Å². The van der Waals surface area contributed by atoms with Crippen molar-refractivity contribution < 1.29 is 24.0 Å². The molecule has 0 saturated heterocycles. The van der Waals surface area contributed by atoms with Gasteiger partial charge < -0.3 is 20.0 Å². The van der Waals surface area contributed by atoms with Crippen LogP contribution in [-0.2, 0) is 4.57 Å². The van der Waals surface area contributed by atoms with Crippen molar-refractivity contribution >= 4 is 13.7 Å². The largest absolute Gasteiger partial charge is 0.466 e. The average molecular weight is 309 g/mol. The van der Waals surface area contributed by atoms with Gasteiger partial charge in [-0.2, -0.15) is 0 Å². The molecule has 2 aromatic carbocycles. The van der Waals surface area contributed by atoms with Crippen LogP contribution in [0.3, 0.4) is 0 Å². The SMILES string of the molecule is CNC(=O)c1ccc(-c2ccccc2)cc1.O=P(O)(O)O. The topological polar surface area (TPSA) is 107 Å². The van der Waals surface area contributed by atoms with Crippen LogP contribution in [0.15, 0.2) is 54.6 Å². The van der Waals surface area contributed by atoms with Crippen molar-refractivity contribution in [2.45, 2.75) is 0 Å². The molecular formula is C14H16NO5P. The van der Waals surface area contributed by atoms with Crippen LogP contribution in [0.4, 0.5) is 0 Å². The van der Waals surface area contributed by atoms with Crippen LogP contribution in [0.25, 0.3) is 11.1 Å². The van der Waals surface area contributed by atoms with Crippen LogP contribution in [0, 0.1) is 0 Å². The molecule has 0 saturated carbocycles. The maximum atomic E-state index is 11.4. The van der Waals surface area contributed by atoms with E-state index in [1.807, 2.05) is 42.5 Å². The Labute approximate surface area is 122 Å². The van der Waals surface area contributed by atoms with Gasteiger partial charge in [0.15, 0.2) is 0 Å². The Morgan fingerprint density at radius 2 is 1.33 bits per heavy atom. The molecule has 4 N–H and O–H groups in total. The van der Waals surface area contributed by atoms with Gasteiger partial charge in [-0.25, -0.2) is 4.57 Å². The summed E-state index contributed by atoms with van der Waals surface area (Å²) >= 11 is 0. The molecule has 6 nitrogen and oxygen atoms in total. The first-order valence-corrected chi connectivity index (χ1v) is 7.53. The Balaban J connectivity index is 0.000000383. The molecule has 0 aliphatic rings. The number of benzene rings is 2. The van der Waals surface area contributed by atoms with Gasteiger partial charge in [-0.1, -0.05) is 42.5 Å². The highest BCUT2D eigenvalue weighted by atomic mass is 31.2. The molecule has 112 valence electrons. The van der Waals surface area contributed by atoms with Crippen molar-refractivity contribution in [3.8, 4) is 11.1 Å². The lowest BCUT2D eigenvalue weighted by Crippen LogP contribution is -2.17. The number of phosphoric acid groups is 1. The summed E-state index contributed by atoms with van der Waals surface area (Å²) in [5.41, 5.74) is 2.96. The van der Waals surface area contributed by atoms with Gasteiger partial charge in [0, 0.05) is 12.6 Å². The first kappa shape index (κ1) is 17.1. The summed E-state index contributed by atoms with van der Waals surface area (Å²) in [4.78, 5) is 32.9. The Morgan fingerprint density at radius 3 is 1.76 bits per heavy atom. The Kier molecular flexibility index (Phi) is 6.27. The van der Waals surface area contributed by atoms with E-state index >= 15 is 0 Å². The highest BCUT2D eigenvalue weighted by molar-refractivity contribution is 7.45. The first-order chi connectivity index (χ1) is 9.81. The molecule has 0 fully saturated rings. The minimum atomic E-state index is -4.64. The number of hydrogen-bond acceptors (Lipinski definition) is 2. The van der Waals surface area contributed by atoms with Crippen molar-refractivity contribution in [1.29, 1.82) is 0 Å². The minimum absolute atomic E-state index is 0.0559. The zero-order valence-corrected chi connectivity index (χ0v) is 12.2. The van der Waals surface area contributed by atoms with Crippen LogP contribution in [0.1, 0.15) is 10.4 Å². The quantitative estimate of drug-likeness (QED) is 0.633. The summed E-state index contributed by atoms with van der Waals surface area (Å²) in [6.45, 7) is 0. The van der Waals surface area contributed by atoms with Gasteiger partial charge in [0.25, 0.3) is 5.91 Å². The molecule has 7 heteroatoms. The second-order valence-corrected chi connectivity index (χ2v) is 5.06. The Morgan fingerprint density at radius 1 is 0.905 bits per heavy atom. The van der Waals surface area contributed by atoms with Gasteiger partial charge in [0.2, 0.25) is 0 Å². The van der Waals surface area contributed by atoms with E-state index in [1.165, 1.54) is 0 Å². The summed E-state index contributed by atoms with van der Waals surface area (Å²) in [5, 5.41) is 2.60. The van der Waals surface area contributed by atoms with Crippen LogP contribution in [-0.4, -0.2) is 27.6 Å². The molecule has 0 aromatic heterocycles. The number of hydrogen-bond donors (Lipinski definition) is 4. The monoisotopic (exact) mass is 309 g/mol. The van der Waals surface area contributed by atoms with E-state index in [-0.39, 0.29) is 5.91 Å². The zero-order valence-electron chi connectivity index (χ0n) is 11.3. The highest BCUT2D eigenvalue weighted by Gasteiger charge is 2.02. The molecule has 2 aromatic rings. The zero-order chi connectivity index (χ0) is 15.9. The summed E-state index contributed by atoms with van der Waals surface area (Å²) < 4.78 is 8.88. The lowest BCUT2D eigenvalue weighted by molar-refractivity contribution is 0.0963. The maximum absolute atomic E-state index is 11.4. The van der Waals surface area contributed by atoms with Gasteiger partial charge in [0.05, 0.1) is 0 Å². The molecule has 0 radical (unpaired) electrons. The molecular weight excluding hydrogens is 293 g/mol. The number of rotatable bonds is 2. The summed E-state index contributed by atoms with van der Waals surface area (Å²) in [7, 11) is -3.01. The highest BCUT2D eigenvalue weighted by Crippen LogP contribution is 2.25. The molecule has 0 spiro atoms. The van der Waals surface area contributed by atoms with Crippen LogP contribution >= 0.6 is 7.82 Å². The summed E-state index contributed by atoms with van der Waals surface area (Å²) in [5.74, 6) is -0.0559. The van der Waals surface area contributed by atoms with Crippen molar-refractivity contribution in [3.05, 3.63) is 60.2 Å². The van der Waals surface area contributed by atoms with E-state index in [0.29, 0.717) is 5.56 Å². The van der Waals surface area contributed by atoms with E-state index < -0.39 is 7.82 Å². The normalized spacial score (nSPS) is 10.3. The lowest BCUT2D eigenvalue weighted by Gasteiger charge is -2.03. The smallest absolute Gasteiger partial charge is 0.355 e. The molecule has 0 unspecified atom stereocenters. The summed E-state index contributed by atoms with van der Waals surface area (Å²) in [6.07, 6.45) is 0. The molecule has 0 bridgehead atoms. The third kappa shape index (κ3) is 6.83. The molecule has 0 aliphatic carbocycles. The fraction of sp³-hybridized carbons (Fsp3) is 0.0714. The van der Waals surface area contributed by atoms with E-state index in [1.54, 1.807) is 7.05 Å². The second-order valence-electron chi connectivity index (χ2n) is 4.04. The number of carbonyl (C=O) groups excluding carboxylic acids is 1. The van der Waals surface area contributed by atoms with E-state index in [2.05, 4.69) is 17.4 Å². The third-order valence-electron chi connectivity index (χ3n) is 2.48. The fourth-order valence-corrected chi connectivity index (χ4v) is 1.59. The number of carbonyl (C=O) groups is 1.